The monoisotopic (exact) mass is 327 g/mol. The summed E-state index contributed by atoms with van der Waals surface area (Å²) >= 11 is 3.50. The normalized spacial score (nSPS) is 19.8. The molecule has 1 amide bonds. The van der Waals surface area contributed by atoms with Crippen LogP contribution >= 0.6 is 15.9 Å². The van der Waals surface area contributed by atoms with Crippen LogP contribution < -0.4 is 0 Å². The van der Waals surface area contributed by atoms with Gasteiger partial charge in [0.2, 0.25) is 0 Å². The number of likely N-dealkylation sites (tertiary alicyclic amines) is 1. The highest BCUT2D eigenvalue weighted by Gasteiger charge is 2.27. The van der Waals surface area contributed by atoms with E-state index in [0.717, 1.165) is 48.2 Å². The van der Waals surface area contributed by atoms with Gasteiger partial charge in [0.25, 0.3) is 5.91 Å². The summed E-state index contributed by atoms with van der Waals surface area (Å²) in [6, 6.07) is 0. The summed E-state index contributed by atoms with van der Waals surface area (Å²) in [5, 5.41) is 5.36. The molecule has 2 heterocycles. The molecule has 1 unspecified atom stereocenters. The van der Waals surface area contributed by atoms with Crippen LogP contribution in [0.15, 0.2) is 0 Å². The summed E-state index contributed by atoms with van der Waals surface area (Å²) in [7, 11) is 1.89. The minimum atomic E-state index is 0.155. The summed E-state index contributed by atoms with van der Waals surface area (Å²) in [6.07, 6.45) is 3.50. The maximum atomic E-state index is 12.7. The lowest BCUT2D eigenvalue weighted by atomic mass is 9.95. The van der Waals surface area contributed by atoms with Gasteiger partial charge in [-0.3, -0.25) is 9.48 Å². The Kier molecular flexibility index (Phi) is 4.66. The fourth-order valence-corrected chi connectivity index (χ4v) is 3.53. The number of carbonyl (C=O) groups excluding carboxylic acids is 1. The Morgan fingerprint density at radius 3 is 2.79 bits per heavy atom. The molecular weight excluding hydrogens is 306 g/mol. The molecule has 19 heavy (non-hydrogen) atoms. The summed E-state index contributed by atoms with van der Waals surface area (Å²) in [5.41, 5.74) is 2.60. The SMILES string of the molecule is Cc1nn(C)c(C)c1C(=O)N1CCCC(CCBr)C1. The highest BCUT2D eigenvalue weighted by Crippen LogP contribution is 2.23. The van der Waals surface area contributed by atoms with Gasteiger partial charge in [-0.2, -0.15) is 5.10 Å². The van der Waals surface area contributed by atoms with E-state index in [2.05, 4.69) is 21.0 Å². The molecule has 2 rings (SSSR count). The Hall–Kier alpha value is -0.840. The first-order chi connectivity index (χ1) is 9.04. The lowest BCUT2D eigenvalue weighted by molar-refractivity contribution is 0.0670. The summed E-state index contributed by atoms with van der Waals surface area (Å²) < 4.78 is 1.79. The van der Waals surface area contributed by atoms with Crippen LogP contribution in [0.2, 0.25) is 0 Å². The molecule has 0 bridgehead atoms. The smallest absolute Gasteiger partial charge is 0.257 e. The van der Waals surface area contributed by atoms with Gasteiger partial charge in [-0.15, -0.1) is 0 Å². The van der Waals surface area contributed by atoms with Crippen molar-refractivity contribution in [3.8, 4) is 0 Å². The van der Waals surface area contributed by atoms with E-state index in [0.29, 0.717) is 5.92 Å². The van der Waals surface area contributed by atoms with Gasteiger partial charge in [-0.25, -0.2) is 0 Å². The highest BCUT2D eigenvalue weighted by atomic mass is 79.9. The molecule has 0 aliphatic carbocycles. The Morgan fingerprint density at radius 1 is 1.47 bits per heavy atom. The molecule has 106 valence electrons. The number of carbonyl (C=O) groups is 1. The molecule has 0 saturated carbocycles. The van der Waals surface area contributed by atoms with Crippen LogP contribution in [-0.2, 0) is 7.05 Å². The van der Waals surface area contributed by atoms with E-state index in [9.17, 15) is 4.79 Å². The molecule has 1 fully saturated rings. The number of aryl methyl sites for hydroxylation is 2. The van der Waals surface area contributed by atoms with Crippen LogP contribution in [-0.4, -0.2) is 39.0 Å². The third-order valence-electron chi connectivity index (χ3n) is 4.05. The zero-order chi connectivity index (χ0) is 14.0. The van der Waals surface area contributed by atoms with Gasteiger partial charge in [0.05, 0.1) is 11.3 Å². The van der Waals surface area contributed by atoms with Crippen molar-refractivity contribution in [2.45, 2.75) is 33.1 Å². The number of piperidine rings is 1. The molecule has 1 aliphatic rings. The summed E-state index contributed by atoms with van der Waals surface area (Å²) in [5.74, 6) is 0.789. The summed E-state index contributed by atoms with van der Waals surface area (Å²) in [4.78, 5) is 14.7. The fraction of sp³-hybridized carbons (Fsp3) is 0.714. The van der Waals surface area contributed by atoms with Crippen molar-refractivity contribution >= 4 is 21.8 Å². The van der Waals surface area contributed by atoms with Crippen molar-refractivity contribution in [2.75, 3.05) is 18.4 Å². The van der Waals surface area contributed by atoms with Crippen molar-refractivity contribution in [1.29, 1.82) is 0 Å². The molecule has 1 aromatic rings. The van der Waals surface area contributed by atoms with Crippen LogP contribution in [0.4, 0.5) is 0 Å². The largest absolute Gasteiger partial charge is 0.338 e. The van der Waals surface area contributed by atoms with Gasteiger partial charge >= 0.3 is 0 Å². The zero-order valence-corrected chi connectivity index (χ0v) is 13.5. The molecule has 1 aromatic heterocycles. The highest BCUT2D eigenvalue weighted by molar-refractivity contribution is 9.09. The van der Waals surface area contributed by atoms with Crippen molar-refractivity contribution < 1.29 is 4.79 Å². The van der Waals surface area contributed by atoms with E-state index in [1.54, 1.807) is 4.68 Å². The van der Waals surface area contributed by atoms with Gasteiger partial charge in [0.1, 0.15) is 0 Å². The second-order valence-electron chi connectivity index (χ2n) is 5.41. The fourth-order valence-electron chi connectivity index (χ4n) is 2.88. The Morgan fingerprint density at radius 2 is 2.21 bits per heavy atom. The van der Waals surface area contributed by atoms with Crippen molar-refractivity contribution in [1.82, 2.24) is 14.7 Å². The summed E-state index contributed by atoms with van der Waals surface area (Å²) in [6.45, 7) is 5.65. The number of hydrogen-bond acceptors (Lipinski definition) is 2. The number of aromatic nitrogens is 2. The van der Waals surface area contributed by atoms with Crippen molar-refractivity contribution in [3.63, 3.8) is 0 Å². The molecule has 4 nitrogen and oxygen atoms in total. The van der Waals surface area contributed by atoms with Gasteiger partial charge in [0.15, 0.2) is 0 Å². The first kappa shape index (κ1) is 14.6. The molecule has 1 saturated heterocycles. The van der Waals surface area contributed by atoms with Gasteiger partial charge in [-0.05, 0) is 39.0 Å². The average Bonchev–Trinajstić information content (AvgIpc) is 2.63. The number of nitrogens with zero attached hydrogens (tertiary/aromatic N) is 3. The van der Waals surface area contributed by atoms with Gasteiger partial charge in [-0.1, -0.05) is 15.9 Å². The average molecular weight is 328 g/mol. The van der Waals surface area contributed by atoms with Gasteiger partial charge < -0.3 is 4.90 Å². The van der Waals surface area contributed by atoms with E-state index >= 15 is 0 Å². The van der Waals surface area contributed by atoms with Crippen LogP contribution in [0.1, 0.15) is 41.0 Å². The molecule has 0 aromatic carbocycles. The molecule has 1 atom stereocenters. The number of hydrogen-bond donors (Lipinski definition) is 0. The van der Waals surface area contributed by atoms with Crippen molar-refractivity contribution in [2.24, 2.45) is 13.0 Å². The third-order valence-corrected chi connectivity index (χ3v) is 4.50. The number of rotatable bonds is 3. The Balaban J connectivity index is 2.15. The molecule has 5 heteroatoms. The molecule has 0 N–H and O–H groups in total. The van der Waals surface area contributed by atoms with E-state index in [-0.39, 0.29) is 5.91 Å². The zero-order valence-electron chi connectivity index (χ0n) is 11.9. The second-order valence-corrected chi connectivity index (χ2v) is 6.20. The van der Waals surface area contributed by atoms with Crippen LogP contribution in [0.5, 0.6) is 0 Å². The molecule has 0 radical (unpaired) electrons. The Bertz CT molecular complexity index is 468. The maximum Gasteiger partial charge on any atom is 0.257 e. The number of halogens is 1. The topological polar surface area (TPSA) is 38.1 Å². The lowest BCUT2D eigenvalue weighted by Crippen LogP contribution is -2.40. The first-order valence-corrected chi connectivity index (χ1v) is 8.02. The lowest BCUT2D eigenvalue weighted by Gasteiger charge is -2.32. The van der Waals surface area contributed by atoms with Crippen LogP contribution in [0.3, 0.4) is 0 Å². The van der Waals surface area contributed by atoms with E-state index in [1.807, 2.05) is 25.8 Å². The predicted molar refractivity (Wildman–Crippen MR) is 79.7 cm³/mol. The number of amides is 1. The minimum Gasteiger partial charge on any atom is -0.338 e. The quantitative estimate of drug-likeness (QED) is 0.800. The minimum absolute atomic E-state index is 0.155. The van der Waals surface area contributed by atoms with E-state index in [4.69, 9.17) is 0 Å². The van der Waals surface area contributed by atoms with E-state index < -0.39 is 0 Å². The number of alkyl halides is 1. The second kappa shape index (κ2) is 6.07. The first-order valence-electron chi connectivity index (χ1n) is 6.90. The van der Waals surface area contributed by atoms with E-state index in [1.165, 1.54) is 6.42 Å². The standard InChI is InChI=1S/C14H22BrN3O/c1-10-13(11(2)17(3)16-10)14(19)18-8-4-5-12(9-18)6-7-15/h12H,4-9H2,1-3H3. The molecular formula is C14H22BrN3O. The van der Waals surface area contributed by atoms with Gasteiger partial charge in [0, 0.05) is 31.2 Å². The van der Waals surface area contributed by atoms with Crippen LogP contribution in [0.25, 0.3) is 0 Å². The van der Waals surface area contributed by atoms with Crippen LogP contribution in [0, 0.1) is 19.8 Å². The van der Waals surface area contributed by atoms with Crippen molar-refractivity contribution in [3.05, 3.63) is 17.0 Å². The third kappa shape index (κ3) is 3.02. The maximum absolute atomic E-state index is 12.7. The molecule has 0 spiro atoms. The predicted octanol–water partition coefficient (Wildman–Crippen LogP) is 2.67. The Labute approximate surface area is 123 Å². The molecule has 1 aliphatic heterocycles.